The van der Waals surface area contributed by atoms with Crippen LogP contribution in [0.5, 0.6) is 0 Å². The first-order chi connectivity index (χ1) is 18.7. The fourth-order valence-electron chi connectivity index (χ4n) is 5.13. The van der Waals surface area contributed by atoms with E-state index in [0.29, 0.717) is 28.0 Å². The molecule has 7 heteroatoms. The third-order valence-corrected chi connectivity index (χ3v) is 11.8. The zero-order valence-corrected chi connectivity index (χ0v) is 22.8. The normalized spacial score (nSPS) is 13.4. The number of rotatable bonds is 8. The molecule has 5 aromatic rings. The van der Waals surface area contributed by atoms with Crippen LogP contribution >= 0.6 is 0 Å². The number of aryl methyl sites for hydroxylation is 1. The Hall–Kier alpha value is -3.65. The summed E-state index contributed by atoms with van der Waals surface area (Å²) in [5.74, 6) is 0.161. The van der Waals surface area contributed by atoms with Gasteiger partial charge < -0.3 is 14.1 Å². The predicted octanol–water partition coefficient (Wildman–Crippen LogP) is 5.31. The molecule has 0 amide bonds. The van der Waals surface area contributed by atoms with E-state index in [1.807, 2.05) is 47.0 Å². The molecule has 2 aromatic heterocycles. The molecular weight excluding hydrogens is 493 g/mol. The first-order valence-corrected chi connectivity index (χ1v) is 14.6. The second-order valence-electron chi connectivity index (χ2n) is 10.4. The first kappa shape index (κ1) is 24.7. The van der Waals surface area contributed by atoms with Gasteiger partial charge >= 0.3 is 0 Å². The fourth-order valence-corrected chi connectivity index (χ4v) is 9.46. The Kier molecular flexibility index (Phi) is 6.89. The summed E-state index contributed by atoms with van der Waals surface area (Å²) in [5.41, 5.74) is 2.50. The van der Waals surface area contributed by atoms with E-state index in [2.05, 4.69) is 50.0 Å². The largest absolute Gasteiger partial charge is 0.406 e. The number of hydrogen-bond donors (Lipinski definition) is 1. The number of imidazole rings is 1. The van der Waals surface area contributed by atoms with Gasteiger partial charge in [-0.1, -0.05) is 81.4 Å². The Morgan fingerprint density at radius 2 is 1.61 bits per heavy atom. The zero-order chi connectivity index (χ0) is 27.6. The second kappa shape index (κ2) is 10.6. The number of nitrogens with zero attached hydrogens (tertiary/aromatic N) is 3. The van der Waals surface area contributed by atoms with E-state index in [9.17, 15) is 10.9 Å². The Morgan fingerprint density at radius 3 is 2.21 bits per heavy atom. The lowest BCUT2D eigenvalue weighted by Gasteiger charge is -2.43. The molecule has 0 saturated heterocycles. The minimum Gasteiger partial charge on any atom is -0.406 e. The van der Waals surface area contributed by atoms with E-state index in [1.54, 1.807) is 18.5 Å². The molecule has 0 fully saturated rings. The maximum atomic E-state index is 14.4. The minimum atomic E-state index is -2.98. The second-order valence-corrected chi connectivity index (χ2v) is 14.6. The first-order valence-electron chi connectivity index (χ1n) is 13.2. The maximum absolute atomic E-state index is 14.4. The van der Waals surface area contributed by atoms with Gasteiger partial charge in [-0.25, -0.2) is 9.37 Å². The van der Waals surface area contributed by atoms with Crippen LogP contribution in [0.4, 0.5) is 4.39 Å². The van der Waals surface area contributed by atoms with E-state index < -0.39 is 14.9 Å². The highest BCUT2D eigenvalue weighted by Gasteiger charge is 2.50. The highest BCUT2D eigenvalue weighted by molar-refractivity contribution is 6.99. The van der Waals surface area contributed by atoms with Crippen LogP contribution in [-0.2, 0) is 17.6 Å². The van der Waals surface area contributed by atoms with E-state index in [-0.39, 0.29) is 24.0 Å². The lowest BCUT2D eigenvalue weighted by Crippen LogP contribution is -2.66. The van der Waals surface area contributed by atoms with E-state index in [4.69, 9.17) is 9.41 Å². The number of aromatic nitrogens is 3. The van der Waals surface area contributed by atoms with Gasteiger partial charge in [-0.3, -0.25) is 4.98 Å². The van der Waals surface area contributed by atoms with Crippen molar-refractivity contribution >= 4 is 29.7 Å². The smallest absolute Gasteiger partial charge is 0.261 e. The third-order valence-electron chi connectivity index (χ3n) is 6.88. The number of fused-ring (bicyclic) bond motifs is 1. The molecule has 5 nitrogen and oxygen atoms in total. The molecule has 3 aromatic carbocycles. The van der Waals surface area contributed by atoms with Crippen LogP contribution in [-0.4, -0.2) is 34.5 Å². The van der Waals surface area contributed by atoms with Gasteiger partial charge in [-0.05, 0) is 45.2 Å². The van der Waals surface area contributed by atoms with Gasteiger partial charge in [0.2, 0.25) is 0 Å². The summed E-state index contributed by atoms with van der Waals surface area (Å²) in [6.07, 6.45) is 3.25. The lowest BCUT2D eigenvalue weighted by molar-refractivity contribution is 0.281. The van der Waals surface area contributed by atoms with Gasteiger partial charge in [-0.2, -0.15) is 0 Å². The third kappa shape index (κ3) is 4.80. The van der Waals surface area contributed by atoms with Crippen molar-refractivity contribution in [1.29, 1.82) is 0 Å². The van der Waals surface area contributed by atoms with Crippen LogP contribution in [0.2, 0.25) is 5.04 Å². The van der Waals surface area contributed by atoms with Gasteiger partial charge in [0, 0.05) is 24.5 Å². The molecule has 38 heavy (non-hydrogen) atoms. The van der Waals surface area contributed by atoms with Crippen molar-refractivity contribution in [3.8, 4) is 11.4 Å². The van der Waals surface area contributed by atoms with Crippen LogP contribution in [0, 0.1) is 5.82 Å². The molecular formula is C31H32FN3O2Si. The van der Waals surface area contributed by atoms with Gasteiger partial charge in [0.05, 0.1) is 25.6 Å². The van der Waals surface area contributed by atoms with Crippen LogP contribution < -0.4 is 10.4 Å². The summed E-state index contributed by atoms with van der Waals surface area (Å²) in [4.78, 5) is 9.01. The average Bonchev–Trinajstić information content (AvgIpc) is 3.29. The van der Waals surface area contributed by atoms with E-state index >= 15 is 0 Å². The van der Waals surface area contributed by atoms with Crippen molar-refractivity contribution in [3.63, 3.8) is 0 Å². The highest BCUT2D eigenvalue weighted by atomic mass is 28.4. The molecule has 0 aliphatic heterocycles. The molecule has 0 bridgehead atoms. The standard InChI is InChI=1S/C31H32FN3O2Si/c1-31(2,3)38(26-10-6-4-7-11-26,27-12-8-5-9-13-27)37-17-16-35-29-19-25(32)14-15-28(29)34-30(35)24-18-23(22-36)20-33-21-24/h4-15,18-21,36H,16-17,22H2,1-3H3/i17D. The minimum absolute atomic E-state index is 0.128. The molecule has 1 atom stereocenters. The molecule has 0 spiro atoms. The maximum Gasteiger partial charge on any atom is 0.261 e. The molecule has 5 rings (SSSR count). The molecule has 1 N–H and O–H groups in total. The summed E-state index contributed by atoms with van der Waals surface area (Å²) in [6, 6.07) is 26.7. The van der Waals surface area contributed by atoms with Crippen LogP contribution in [0.1, 0.15) is 27.7 Å². The number of benzene rings is 3. The molecule has 0 radical (unpaired) electrons. The quantitative estimate of drug-likeness (QED) is 0.279. The number of hydrogen-bond acceptors (Lipinski definition) is 4. The number of pyridine rings is 1. The summed E-state index contributed by atoms with van der Waals surface area (Å²) in [7, 11) is -2.98. The summed E-state index contributed by atoms with van der Waals surface area (Å²) in [6.45, 7) is 5.50. The van der Waals surface area contributed by atoms with Crippen LogP contribution in [0.3, 0.4) is 0 Å². The summed E-state index contributed by atoms with van der Waals surface area (Å²) >= 11 is 0. The topological polar surface area (TPSA) is 60.2 Å². The lowest BCUT2D eigenvalue weighted by atomic mass is 10.2. The Bertz CT molecular complexity index is 1530. The predicted molar refractivity (Wildman–Crippen MR) is 152 cm³/mol. The number of aliphatic hydroxyl groups excluding tert-OH is 1. The number of halogens is 1. The van der Waals surface area contributed by atoms with Crippen molar-refractivity contribution < 1.29 is 15.3 Å². The summed E-state index contributed by atoms with van der Waals surface area (Å²) in [5, 5.41) is 11.5. The van der Waals surface area contributed by atoms with Crippen molar-refractivity contribution in [3.05, 3.63) is 109 Å². The molecule has 0 saturated carbocycles. The van der Waals surface area contributed by atoms with Crippen molar-refractivity contribution in [1.82, 2.24) is 14.5 Å². The SMILES string of the molecule is [2H]C(Cn1c(-c2cncc(CO)c2)nc2ccc(F)cc21)O[Si](c1ccccc1)(c1ccccc1)C(C)(C)C. The Morgan fingerprint density at radius 1 is 0.947 bits per heavy atom. The summed E-state index contributed by atoms with van der Waals surface area (Å²) < 4.78 is 32.5. The van der Waals surface area contributed by atoms with Crippen molar-refractivity contribution in [2.24, 2.45) is 0 Å². The zero-order valence-electron chi connectivity index (χ0n) is 22.8. The van der Waals surface area contributed by atoms with Crippen LogP contribution in [0.25, 0.3) is 22.4 Å². The van der Waals surface area contributed by atoms with Crippen LogP contribution in [0.15, 0.2) is 97.3 Å². The van der Waals surface area contributed by atoms with Gasteiger partial charge in [0.1, 0.15) is 11.6 Å². The molecule has 0 aliphatic carbocycles. The van der Waals surface area contributed by atoms with E-state index in [1.165, 1.54) is 12.1 Å². The molecule has 0 aliphatic rings. The molecule has 194 valence electrons. The van der Waals surface area contributed by atoms with Gasteiger partial charge in [0.15, 0.2) is 0 Å². The van der Waals surface area contributed by atoms with Crippen molar-refractivity contribution in [2.75, 3.05) is 6.58 Å². The number of aliphatic hydroxyl groups is 1. The monoisotopic (exact) mass is 526 g/mol. The Labute approximate surface area is 225 Å². The van der Waals surface area contributed by atoms with Gasteiger partial charge in [0.25, 0.3) is 8.32 Å². The average molecular weight is 527 g/mol. The molecule has 1 unspecified atom stereocenters. The van der Waals surface area contributed by atoms with Crippen molar-refractivity contribution in [2.45, 2.75) is 39.0 Å². The Balaban J connectivity index is 1.62. The molecule has 2 heterocycles. The highest BCUT2D eigenvalue weighted by Crippen LogP contribution is 2.37. The van der Waals surface area contributed by atoms with E-state index in [0.717, 1.165) is 10.4 Å². The fraction of sp³-hybridized carbons (Fsp3) is 0.226. The van der Waals surface area contributed by atoms with Gasteiger partial charge in [-0.15, -0.1) is 0 Å².